The molecule has 1 aliphatic heterocycles. The van der Waals surface area contributed by atoms with E-state index in [4.69, 9.17) is 14.2 Å². The number of carbonyl (C=O) groups excluding carboxylic acids is 2. The van der Waals surface area contributed by atoms with Crippen LogP contribution >= 0.6 is 0 Å². The highest BCUT2D eigenvalue weighted by Crippen LogP contribution is 2.42. The van der Waals surface area contributed by atoms with Crippen LogP contribution in [0.15, 0.2) is 41.7 Å². The van der Waals surface area contributed by atoms with E-state index in [2.05, 4.69) is 0 Å². The molecule has 0 saturated heterocycles. The first-order valence-electron chi connectivity index (χ1n) is 8.19. The number of ether oxygens (including phenoxy) is 3. The van der Waals surface area contributed by atoms with Crippen LogP contribution in [-0.4, -0.2) is 32.1 Å². The molecule has 1 aromatic carbocycles. The Bertz CT molecular complexity index is 649. The maximum Gasteiger partial charge on any atom is 0.306 e. The molecule has 0 unspecified atom stereocenters. The zero-order chi connectivity index (χ0) is 17.1. The van der Waals surface area contributed by atoms with Crippen molar-refractivity contribution in [3.8, 4) is 0 Å². The molecule has 5 heteroatoms. The molecule has 0 radical (unpaired) electrons. The second kappa shape index (κ2) is 7.18. The number of ketones is 1. The van der Waals surface area contributed by atoms with E-state index in [1.165, 1.54) is 7.11 Å². The molecule has 3 atom stereocenters. The molecule has 128 valence electrons. The van der Waals surface area contributed by atoms with Crippen molar-refractivity contribution in [3.05, 3.63) is 47.2 Å². The van der Waals surface area contributed by atoms with Crippen LogP contribution in [0, 0.1) is 5.92 Å². The zero-order valence-corrected chi connectivity index (χ0v) is 14.0. The summed E-state index contributed by atoms with van der Waals surface area (Å²) in [6.07, 6.45) is 1.36. The molecule has 0 saturated carbocycles. The van der Waals surface area contributed by atoms with Gasteiger partial charge in [-0.2, -0.15) is 0 Å². The summed E-state index contributed by atoms with van der Waals surface area (Å²) in [6.45, 7) is 0. The van der Waals surface area contributed by atoms with Gasteiger partial charge in [-0.25, -0.2) is 0 Å². The van der Waals surface area contributed by atoms with Crippen LogP contribution in [0.25, 0.3) is 0 Å². The molecular formula is C19H22O5. The number of allylic oxidation sites excluding steroid dienone is 1. The maximum atomic E-state index is 12.8. The summed E-state index contributed by atoms with van der Waals surface area (Å²) in [7, 11) is 3.00. The Balaban J connectivity index is 1.89. The summed E-state index contributed by atoms with van der Waals surface area (Å²) in [6, 6.07) is 9.74. The lowest BCUT2D eigenvalue weighted by Crippen LogP contribution is -2.34. The van der Waals surface area contributed by atoms with E-state index < -0.39 is 0 Å². The minimum Gasteiger partial charge on any atom is -0.489 e. The summed E-state index contributed by atoms with van der Waals surface area (Å²) >= 11 is 0. The molecule has 24 heavy (non-hydrogen) atoms. The average Bonchev–Trinajstić information content (AvgIpc) is 2.61. The van der Waals surface area contributed by atoms with Gasteiger partial charge in [-0.05, 0) is 12.0 Å². The number of hydrogen-bond donors (Lipinski definition) is 0. The average molecular weight is 330 g/mol. The largest absolute Gasteiger partial charge is 0.489 e. The number of methoxy groups -OCH3 is 2. The van der Waals surface area contributed by atoms with Gasteiger partial charge in [0.25, 0.3) is 0 Å². The van der Waals surface area contributed by atoms with Crippen molar-refractivity contribution in [2.75, 3.05) is 14.2 Å². The molecule has 2 aliphatic rings. The number of rotatable bonds is 4. The van der Waals surface area contributed by atoms with Crippen LogP contribution in [0.4, 0.5) is 0 Å². The van der Waals surface area contributed by atoms with E-state index in [-0.39, 0.29) is 36.3 Å². The molecule has 1 heterocycles. The summed E-state index contributed by atoms with van der Waals surface area (Å²) < 4.78 is 16.4. The fourth-order valence-electron chi connectivity index (χ4n) is 3.55. The second-order valence-electron chi connectivity index (χ2n) is 6.26. The van der Waals surface area contributed by atoms with Crippen LogP contribution in [0.3, 0.4) is 0 Å². The van der Waals surface area contributed by atoms with Crippen molar-refractivity contribution in [1.29, 1.82) is 0 Å². The van der Waals surface area contributed by atoms with Crippen LogP contribution in [0.2, 0.25) is 0 Å². The molecular weight excluding hydrogens is 308 g/mol. The number of Topliss-reactive ketones (excluding diaryl/α,β-unsaturated/α-hetero) is 1. The highest BCUT2D eigenvalue weighted by Gasteiger charge is 2.40. The Labute approximate surface area is 141 Å². The number of benzene rings is 1. The van der Waals surface area contributed by atoms with Crippen molar-refractivity contribution in [2.45, 2.75) is 37.9 Å². The van der Waals surface area contributed by atoms with Gasteiger partial charge >= 0.3 is 5.97 Å². The van der Waals surface area contributed by atoms with E-state index in [9.17, 15) is 9.59 Å². The first kappa shape index (κ1) is 16.7. The Morgan fingerprint density at radius 1 is 1.21 bits per heavy atom. The Morgan fingerprint density at radius 3 is 2.62 bits per heavy atom. The van der Waals surface area contributed by atoms with Gasteiger partial charge in [0.1, 0.15) is 11.9 Å². The third-order valence-corrected chi connectivity index (χ3v) is 4.77. The first-order valence-corrected chi connectivity index (χ1v) is 8.19. The maximum absolute atomic E-state index is 12.8. The molecule has 0 bridgehead atoms. The third kappa shape index (κ3) is 3.36. The lowest BCUT2D eigenvalue weighted by atomic mass is 9.78. The minimum atomic E-state index is -0.318. The molecule has 1 aromatic rings. The monoisotopic (exact) mass is 330 g/mol. The van der Waals surface area contributed by atoms with E-state index in [1.54, 1.807) is 7.11 Å². The van der Waals surface area contributed by atoms with Crippen molar-refractivity contribution < 1.29 is 23.8 Å². The Morgan fingerprint density at radius 2 is 1.96 bits per heavy atom. The third-order valence-electron chi connectivity index (χ3n) is 4.77. The van der Waals surface area contributed by atoms with Crippen LogP contribution in [0.1, 0.15) is 37.4 Å². The first-order chi connectivity index (χ1) is 11.6. The molecule has 0 amide bonds. The summed E-state index contributed by atoms with van der Waals surface area (Å²) in [5.74, 6) is 0.220. The van der Waals surface area contributed by atoms with Gasteiger partial charge in [-0.15, -0.1) is 0 Å². The molecule has 1 aliphatic carbocycles. The molecule has 0 fully saturated rings. The van der Waals surface area contributed by atoms with Gasteiger partial charge in [0, 0.05) is 25.0 Å². The van der Waals surface area contributed by atoms with Gasteiger partial charge in [0.05, 0.1) is 26.1 Å². The number of carbonyl (C=O) groups is 2. The molecule has 5 nitrogen and oxygen atoms in total. The molecule has 3 rings (SSSR count). The van der Waals surface area contributed by atoms with Gasteiger partial charge in [0.15, 0.2) is 5.78 Å². The number of hydrogen-bond acceptors (Lipinski definition) is 5. The fraction of sp³-hybridized carbons (Fsp3) is 0.474. The van der Waals surface area contributed by atoms with E-state index in [0.717, 1.165) is 5.56 Å². The van der Waals surface area contributed by atoms with Crippen LogP contribution in [-0.2, 0) is 23.8 Å². The van der Waals surface area contributed by atoms with Crippen LogP contribution in [0.5, 0.6) is 0 Å². The standard InChI is InChI=1S/C19H22O5/c1-22-14-8-13(9-18(21)23-2)19-15(20)11-16(24-17(19)10-14)12-6-4-3-5-7-12/h3-7,13-14,16H,8-11H2,1-2H3/t13-,14+,16+/m1/s1. The van der Waals surface area contributed by atoms with Gasteiger partial charge in [-0.1, -0.05) is 30.3 Å². The lowest BCUT2D eigenvalue weighted by Gasteiger charge is -2.37. The van der Waals surface area contributed by atoms with E-state index in [1.807, 2.05) is 30.3 Å². The normalized spacial score (nSPS) is 26.6. The van der Waals surface area contributed by atoms with Gasteiger partial charge < -0.3 is 14.2 Å². The zero-order valence-electron chi connectivity index (χ0n) is 14.0. The summed E-state index contributed by atoms with van der Waals surface area (Å²) in [5, 5.41) is 0. The van der Waals surface area contributed by atoms with E-state index in [0.29, 0.717) is 30.6 Å². The fourth-order valence-corrected chi connectivity index (χ4v) is 3.55. The SMILES string of the molecule is COC(=O)C[C@H]1C[C@H](OC)CC2=C1C(=O)C[C@@H](c1ccccc1)O2. The smallest absolute Gasteiger partial charge is 0.306 e. The Kier molecular flexibility index (Phi) is 5.00. The van der Waals surface area contributed by atoms with Crippen molar-refractivity contribution in [3.63, 3.8) is 0 Å². The van der Waals surface area contributed by atoms with Crippen molar-refractivity contribution >= 4 is 11.8 Å². The predicted octanol–water partition coefficient (Wildman–Crippen LogP) is 2.96. The van der Waals surface area contributed by atoms with Gasteiger partial charge in [-0.3, -0.25) is 9.59 Å². The highest BCUT2D eigenvalue weighted by molar-refractivity contribution is 5.98. The van der Waals surface area contributed by atoms with Crippen LogP contribution < -0.4 is 0 Å². The highest BCUT2D eigenvalue weighted by atomic mass is 16.5. The lowest BCUT2D eigenvalue weighted by molar-refractivity contribution is -0.142. The molecule has 0 N–H and O–H groups in total. The summed E-state index contributed by atoms with van der Waals surface area (Å²) in [5.41, 5.74) is 1.64. The quantitative estimate of drug-likeness (QED) is 0.794. The predicted molar refractivity (Wildman–Crippen MR) is 87.1 cm³/mol. The topological polar surface area (TPSA) is 61.8 Å². The minimum absolute atomic E-state index is 0.0549. The molecule has 0 spiro atoms. The van der Waals surface area contributed by atoms with Gasteiger partial charge in [0.2, 0.25) is 0 Å². The van der Waals surface area contributed by atoms with Crippen molar-refractivity contribution in [2.24, 2.45) is 5.92 Å². The molecule has 0 aromatic heterocycles. The number of esters is 1. The second-order valence-corrected chi connectivity index (χ2v) is 6.26. The Hall–Kier alpha value is -2.14. The summed E-state index contributed by atoms with van der Waals surface area (Å²) in [4.78, 5) is 24.5. The van der Waals surface area contributed by atoms with Crippen molar-refractivity contribution in [1.82, 2.24) is 0 Å². The van der Waals surface area contributed by atoms with E-state index >= 15 is 0 Å².